The summed E-state index contributed by atoms with van der Waals surface area (Å²) in [5, 5.41) is 2.91. The Bertz CT molecular complexity index is 1630. The van der Waals surface area contributed by atoms with Crippen LogP contribution in [0.15, 0.2) is 84.9 Å². The van der Waals surface area contributed by atoms with Gasteiger partial charge in [-0.1, -0.05) is 72.8 Å². The van der Waals surface area contributed by atoms with E-state index in [1.807, 2.05) is 35.2 Å². The number of amides is 2. The van der Waals surface area contributed by atoms with Gasteiger partial charge in [-0.2, -0.15) is 0 Å². The number of carbonyl (C=O) groups excluding carboxylic acids is 2. The van der Waals surface area contributed by atoms with E-state index in [1.54, 1.807) is 0 Å². The molecule has 4 atom stereocenters. The zero-order chi connectivity index (χ0) is 31.0. The summed E-state index contributed by atoms with van der Waals surface area (Å²) in [7, 11) is 0. The lowest BCUT2D eigenvalue weighted by Gasteiger charge is -2.46. The quantitative estimate of drug-likeness (QED) is 0.255. The number of hydrogen-bond donors (Lipinski definition) is 1. The Kier molecular flexibility index (Phi) is 8.21. The normalized spacial score (nSPS) is 23.6. The van der Waals surface area contributed by atoms with Crippen LogP contribution in [0.2, 0.25) is 0 Å². The van der Waals surface area contributed by atoms with Crippen LogP contribution < -0.4 is 5.32 Å². The van der Waals surface area contributed by atoms with Crippen LogP contribution in [0.5, 0.6) is 0 Å². The zero-order valence-corrected chi connectivity index (χ0v) is 26.6. The van der Waals surface area contributed by atoms with Gasteiger partial charge >= 0.3 is 0 Å². The first-order chi connectivity index (χ1) is 21.9. The van der Waals surface area contributed by atoms with Crippen molar-refractivity contribution in [3.05, 3.63) is 102 Å². The molecule has 2 amide bonds. The molecule has 45 heavy (non-hydrogen) atoms. The van der Waals surface area contributed by atoms with Crippen molar-refractivity contribution in [2.75, 3.05) is 19.6 Å². The lowest BCUT2D eigenvalue weighted by molar-refractivity contribution is -0.137. The molecule has 3 unspecified atom stereocenters. The van der Waals surface area contributed by atoms with E-state index in [4.69, 9.17) is 4.98 Å². The van der Waals surface area contributed by atoms with E-state index in [-0.39, 0.29) is 17.2 Å². The molecule has 3 aliphatic rings. The highest BCUT2D eigenvalue weighted by molar-refractivity contribution is 5.88. The summed E-state index contributed by atoms with van der Waals surface area (Å²) in [6, 6.07) is 30.2. The van der Waals surface area contributed by atoms with Crippen molar-refractivity contribution in [3.8, 4) is 0 Å². The fourth-order valence-corrected chi connectivity index (χ4v) is 8.74. The van der Waals surface area contributed by atoms with Gasteiger partial charge in [0.15, 0.2) is 0 Å². The number of piperidine rings is 2. The SMILES string of the molecule is CC(=O)NC(C(=O)N1CCC(CCN2C3CC[C@@H]2CC(n2c(C)nc4ccccc42)C3)(c2ccccc2)CC1)c1ccccc1. The smallest absolute Gasteiger partial charge is 0.249 e. The summed E-state index contributed by atoms with van der Waals surface area (Å²) >= 11 is 0. The highest BCUT2D eigenvalue weighted by Crippen LogP contribution is 2.45. The Morgan fingerprint density at radius 1 is 0.867 bits per heavy atom. The molecule has 234 valence electrons. The van der Waals surface area contributed by atoms with Gasteiger partial charge in [0, 0.05) is 38.1 Å². The Hall–Kier alpha value is -3.97. The third-order valence-electron chi connectivity index (χ3n) is 11.0. The van der Waals surface area contributed by atoms with Gasteiger partial charge in [0.05, 0.1) is 11.0 Å². The van der Waals surface area contributed by atoms with Crippen molar-refractivity contribution >= 4 is 22.8 Å². The lowest BCUT2D eigenvalue weighted by atomic mass is 9.70. The second-order valence-corrected chi connectivity index (χ2v) is 13.5. The molecule has 4 aromatic rings. The lowest BCUT2D eigenvalue weighted by Crippen LogP contribution is -2.51. The van der Waals surface area contributed by atoms with Crippen LogP contribution in [0.25, 0.3) is 11.0 Å². The van der Waals surface area contributed by atoms with Crippen LogP contribution in [0.4, 0.5) is 0 Å². The number of fused-ring (bicyclic) bond motifs is 3. The van der Waals surface area contributed by atoms with Crippen molar-refractivity contribution in [2.45, 2.75) is 88.4 Å². The third kappa shape index (κ3) is 5.79. The van der Waals surface area contributed by atoms with E-state index in [0.717, 1.165) is 42.7 Å². The molecule has 7 heteroatoms. The Morgan fingerprint density at radius 2 is 1.49 bits per heavy atom. The first kappa shape index (κ1) is 29.7. The number of para-hydroxylation sites is 2. The maximum atomic E-state index is 13.8. The van der Waals surface area contributed by atoms with Gasteiger partial charge in [0.2, 0.25) is 11.8 Å². The highest BCUT2D eigenvalue weighted by Gasteiger charge is 2.44. The molecule has 0 aliphatic carbocycles. The molecule has 0 saturated carbocycles. The molecule has 0 radical (unpaired) electrons. The van der Waals surface area contributed by atoms with Crippen LogP contribution in [0.1, 0.15) is 80.9 Å². The number of aromatic nitrogens is 2. The predicted octanol–water partition coefficient (Wildman–Crippen LogP) is 6.34. The molecule has 2 bridgehead atoms. The maximum Gasteiger partial charge on any atom is 0.249 e. The van der Waals surface area contributed by atoms with Crippen molar-refractivity contribution in [1.29, 1.82) is 0 Å². The molecule has 4 heterocycles. The summed E-state index contributed by atoms with van der Waals surface area (Å²) in [5.41, 5.74) is 4.62. The molecule has 3 saturated heterocycles. The molecular weight excluding hydrogens is 558 g/mol. The highest BCUT2D eigenvalue weighted by atomic mass is 16.2. The second-order valence-electron chi connectivity index (χ2n) is 13.5. The number of hydrogen-bond acceptors (Lipinski definition) is 4. The van der Waals surface area contributed by atoms with E-state index in [2.05, 4.69) is 76.3 Å². The summed E-state index contributed by atoms with van der Waals surface area (Å²) in [6.07, 6.45) is 7.86. The van der Waals surface area contributed by atoms with Crippen molar-refractivity contribution in [3.63, 3.8) is 0 Å². The number of likely N-dealkylation sites (tertiary alicyclic amines) is 1. The summed E-state index contributed by atoms with van der Waals surface area (Å²) < 4.78 is 2.51. The van der Waals surface area contributed by atoms with Gasteiger partial charge in [-0.25, -0.2) is 4.98 Å². The molecule has 3 aliphatic heterocycles. The first-order valence-corrected chi connectivity index (χ1v) is 16.8. The molecule has 3 aromatic carbocycles. The van der Waals surface area contributed by atoms with Gasteiger partial charge in [-0.05, 0) is 87.1 Å². The van der Waals surface area contributed by atoms with Crippen molar-refractivity contribution in [2.24, 2.45) is 0 Å². The average Bonchev–Trinajstić information content (AvgIpc) is 3.53. The number of nitrogens with zero attached hydrogens (tertiary/aromatic N) is 4. The van der Waals surface area contributed by atoms with Crippen molar-refractivity contribution < 1.29 is 9.59 Å². The van der Waals surface area contributed by atoms with E-state index in [1.165, 1.54) is 43.7 Å². The van der Waals surface area contributed by atoms with Crippen LogP contribution in [0, 0.1) is 6.92 Å². The van der Waals surface area contributed by atoms with Gasteiger partial charge in [-0.15, -0.1) is 0 Å². The fourth-order valence-electron chi connectivity index (χ4n) is 8.74. The molecule has 1 N–H and O–H groups in total. The van der Waals surface area contributed by atoms with Gasteiger partial charge in [0.25, 0.3) is 0 Å². The molecular formula is C38H45N5O2. The van der Waals surface area contributed by atoms with Crippen molar-refractivity contribution in [1.82, 2.24) is 24.7 Å². The summed E-state index contributed by atoms with van der Waals surface area (Å²) in [6.45, 7) is 6.12. The maximum absolute atomic E-state index is 13.8. The standard InChI is InChI=1S/C38H45N5O2/c1-27-39-34-15-9-10-16-35(34)43(27)33-25-31-17-18-32(26-33)42(31)24-21-38(30-13-7-4-8-14-30)19-22-41(23-20-38)37(45)36(40-28(2)44)29-11-5-3-6-12-29/h3-16,31-33,36H,17-26H2,1-2H3,(H,40,44)/t31-,32?,33?,36?/m1/s1. The van der Waals surface area contributed by atoms with E-state index in [9.17, 15) is 9.59 Å². The van der Waals surface area contributed by atoms with Crippen LogP contribution in [-0.4, -0.2) is 62.9 Å². The molecule has 7 rings (SSSR count). The monoisotopic (exact) mass is 603 g/mol. The summed E-state index contributed by atoms with van der Waals surface area (Å²) in [5.74, 6) is 0.925. The minimum absolute atomic E-state index is 0.0134. The van der Waals surface area contributed by atoms with E-state index in [0.29, 0.717) is 31.2 Å². The Labute approximate surface area is 266 Å². The second kappa shape index (κ2) is 12.4. The fraction of sp³-hybridized carbons (Fsp3) is 0.447. The number of benzene rings is 3. The van der Waals surface area contributed by atoms with E-state index < -0.39 is 6.04 Å². The largest absolute Gasteiger partial charge is 0.341 e. The van der Waals surface area contributed by atoms with Gasteiger partial charge in [-0.3, -0.25) is 14.5 Å². The Morgan fingerprint density at radius 3 is 2.16 bits per heavy atom. The van der Waals surface area contributed by atoms with Crippen LogP contribution in [0.3, 0.4) is 0 Å². The molecule has 7 nitrogen and oxygen atoms in total. The number of rotatable bonds is 8. The number of imidazole rings is 1. The van der Waals surface area contributed by atoms with Gasteiger partial charge in [0.1, 0.15) is 11.9 Å². The van der Waals surface area contributed by atoms with Gasteiger partial charge < -0.3 is 14.8 Å². The first-order valence-electron chi connectivity index (χ1n) is 16.8. The number of nitrogens with one attached hydrogen (secondary N) is 1. The predicted molar refractivity (Wildman–Crippen MR) is 178 cm³/mol. The minimum Gasteiger partial charge on any atom is -0.341 e. The topological polar surface area (TPSA) is 70.5 Å². The number of carbonyl (C=O) groups is 2. The number of aryl methyl sites for hydroxylation is 1. The molecule has 0 spiro atoms. The van der Waals surface area contributed by atoms with Crippen LogP contribution >= 0.6 is 0 Å². The third-order valence-corrected chi connectivity index (χ3v) is 11.0. The summed E-state index contributed by atoms with van der Waals surface area (Å²) in [4.78, 5) is 35.6. The molecule has 1 aromatic heterocycles. The minimum atomic E-state index is -0.652. The van der Waals surface area contributed by atoms with Crippen LogP contribution in [-0.2, 0) is 15.0 Å². The average molecular weight is 604 g/mol. The Balaban J connectivity index is 1.06. The molecule has 3 fully saturated rings. The van der Waals surface area contributed by atoms with E-state index >= 15 is 0 Å². The zero-order valence-electron chi connectivity index (χ0n) is 26.6.